The quantitative estimate of drug-likeness (QED) is 0.484. The van der Waals surface area contributed by atoms with Gasteiger partial charge >= 0.3 is 12.3 Å². The summed E-state index contributed by atoms with van der Waals surface area (Å²) in [7, 11) is 0. The summed E-state index contributed by atoms with van der Waals surface area (Å²) in [6.07, 6.45) is -1.54. The van der Waals surface area contributed by atoms with Gasteiger partial charge in [0.05, 0.1) is 79.3 Å². The number of hydrogen-bond acceptors (Lipinski definition) is 12. The third-order valence-electron chi connectivity index (χ3n) is 3.28. The normalized spacial score (nSPS) is 22.3. The second-order valence-corrected chi connectivity index (χ2v) is 5.57. The largest absolute Gasteiger partial charge is 0.508 e. The topological polar surface area (TPSA) is 126 Å². The van der Waals surface area contributed by atoms with E-state index in [1.165, 1.54) is 0 Å². The summed E-state index contributed by atoms with van der Waals surface area (Å²) < 4.78 is 51.0. The van der Waals surface area contributed by atoms with E-state index in [1.54, 1.807) is 0 Å². The lowest BCUT2D eigenvalue weighted by atomic mass is 10.7. The predicted molar refractivity (Wildman–Crippen MR) is 99.5 cm³/mol. The number of carbonyl (C=O) groups is 2. The van der Waals surface area contributed by atoms with Crippen molar-refractivity contribution in [2.45, 2.75) is 0 Å². The van der Waals surface area contributed by atoms with Crippen molar-refractivity contribution >= 4 is 12.3 Å². The minimum absolute atomic E-state index is 0.0845. The molecule has 0 amide bonds. The number of ether oxygens (including phenoxy) is 10. The van der Waals surface area contributed by atoms with Gasteiger partial charge in [-0.15, -0.1) is 0 Å². The van der Waals surface area contributed by atoms with Crippen molar-refractivity contribution in [1.82, 2.24) is 0 Å². The van der Waals surface area contributed by atoms with E-state index in [-0.39, 0.29) is 52.9 Å². The molecule has 1 fully saturated rings. The summed E-state index contributed by atoms with van der Waals surface area (Å²) >= 11 is 0. The zero-order valence-electron chi connectivity index (χ0n) is 17.2. The van der Waals surface area contributed by atoms with Gasteiger partial charge in [0.1, 0.15) is 26.4 Å². The van der Waals surface area contributed by atoms with Gasteiger partial charge in [0.15, 0.2) is 0 Å². The van der Waals surface area contributed by atoms with Crippen LogP contribution in [0, 0.1) is 0 Å². The zero-order valence-corrected chi connectivity index (χ0v) is 17.2. The molecule has 0 atom stereocenters. The molecule has 0 saturated carbocycles. The van der Waals surface area contributed by atoms with Crippen LogP contribution < -0.4 is 0 Å². The highest BCUT2D eigenvalue weighted by Crippen LogP contribution is 1.90. The second kappa shape index (κ2) is 20.6. The lowest BCUT2D eigenvalue weighted by Crippen LogP contribution is -2.18. The number of hydrogen-bond donors (Lipinski definition) is 0. The Morgan fingerprint density at radius 2 is 0.467 bits per heavy atom. The van der Waals surface area contributed by atoms with E-state index >= 15 is 0 Å². The third-order valence-corrected chi connectivity index (χ3v) is 3.28. The Hall–Kier alpha value is -1.70. The maximum atomic E-state index is 11.3. The van der Waals surface area contributed by atoms with Crippen molar-refractivity contribution in [3.05, 3.63) is 0 Å². The molecule has 0 bridgehead atoms. The Balaban J connectivity index is 2.13. The van der Waals surface area contributed by atoms with E-state index in [0.29, 0.717) is 52.9 Å². The van der Waals surface area contributed by atoms with Gasteiger partial charge < -0.3 is 47.4 Å². The molecule has 0 N–H and O–H groups in total. The van der Waals surface area contributed by atoms with Gasteiger partial charge in [-0.2, -0.15) is 0 Å². The van der Waals surface area contributed by atoms with Crippen LogP contribution in [0.2, 0.25) is 0 Å². The van der Waals surface area contributed by atoms with Crippen LogP contribution in [0.5, 0.6) is 0 Å². The van der Waals surface area contributed by atoms with Gasteiger partial charge in [-0.25, -0.2) is 9.59 Å². The highest BCUT2D eigenvalue weighted by atomic mass is 16.7. The SMILES string of the molecule is O=C1OCCOCCOCCOCCOC(=O)OCCOCCOCCOCCO1. The van der Waals surface area contributed by atoms with Crippen molar-refractivity contribution in [3.63, 3.8) is 0 Å². The molecular formula is C18H32O12. The van der Waals surface area contributed by atoms with Gasteiger partial charge in [0.25, 0.3) is 0 Å². The van der Waals surface area contributed by atoms with Crippen LogP contribution in [-0.4, -0.2) is 118 Å². The van der Waals surface area contributed by atoms with Crippen LogP contribution in [-0.2, 0) is 47.4 Å². The summed E-state index contributed by atoms with van der Waals surface area (Å²) in [5, 5.41) is 0. The first-order valence-electron chi connectivity index (χ1n) is 9.84. The standard InChI is InChI=1S/C18H32O12/c19-17-27-13-9-23-5-1-21-2-6-24-10-14-28-18(20)30-16-12-26-8-4-22-3-7-25-11-15-29-17/h1-16H2. The van der Waals surface area contributed by atoms with E-state index in [0.717, 1.165) is 0 Å². The van der Waals surface area contributed by atoms with Gasteiger partial charge in [-0.05, 0) is 0 Å². The lowest BCUT2D eigenvalue weighted by molar-refractivity contribution is -0.0244. The average molecular weight is 440 g/mol. The lowest BCUT2D eigenvalue weighted by Gasteiger charge is -2.10. The molecule has 176 valence electrons. The predicted octanol–water partition coefficient (Wildman–Crippen LogP) is 0.406. The maximum absolute atomic E-state index is 11.3. The first kappa shape index (κ1) is 26.3. The molecule has 1 aliphatic heterocycles. The number of cyclic esters (lactones) is 4. The van der Waals surface area contributed by atoms with Gasteiger partial charge in [0.2, 0.25) is 0 Å². The van der Waals surface area contributed by atoms with Crippen LogP contribution in [0.4, 0.5) is 9.59 Å². The van der Waals surface area contributed by atoms with Crippen LogP contribution in [0.25, 0.3) is 0 Å². The second-order valence-electron chi connectivity index (χ2n) is 5.57. The average Bonchev–Trinajstić information content (AvgIpc) is 2.74. The van der Waals surface area contributed by atoms with Gasteiger partial charge in [-0.1, -0.05) is 0 Å². The first-order valence-corrected chi connectivity index (χ1v) is 9.84. The molecule has 0 aromatic carbocycles. The van der Waals surface area contributed by atoms with Gasteiger partial charge in [0, 0.05) is 0 Å². The first-order chi connectivity index (χ1) is 14.8. The maximum Gasteiger partial charge on any atom is 0.508 e. The van der Waals surface area contributed by atoms with E-state index in [4.69, 9.17) is 47.4 Å². The molecule has 12 nitrogen and oxygen atoms in total. The molecule has 12 heteroatoms. The van der Waals surface area contributed by atoms with E-state index in [2.05, 4.69) is 0 Å². The van der Waals surface area contributed by atoms with E-state index in [9.17, 15) is 9.59 Å². The van der Waals surface area contributed by atoms with Crippen LogP contribution in [0.15, 0.2) is 0 Å². The molecule has 1 heterocycles. The van der Waals surface area contributed by atoms with Crippen LogP contribution in [0.3, 0.4) is 0 Å². The molecule has 0 radical (unpaired) electrons. The third kappa shape index (κ3) is 18.3. The molecule has 1 aliphatic rings. The fraction of sp³-hybridized carbons (Fsp3) is 0.889. The zero-order chi connectivity index (χ0) is 21.5. The number of carbonyl (C=O) groups excluding carboxylic acids is 2. The summed E-state index contributed by atoms with van der Waals surface area (Å²) in [5.41, 5.74) is 0. The molecular weight excluding hydrogens is 408 g/mol. The van der Waals surface area contributed by atoms with Crippen molar-refractivity contribution in [3.8, 4) is 0 Å². The van der Waals surface area contributed by atoms with Crippen molar-refractivity contribution < 1.29 is 57.0 Å². The van der Waals surface area contributed by atoms with Crippen LogP contribution >= 0.6 is 0 Å². The van der Waals surface area contributed by atoms with Crippen molar-refractivity contribution in [1.29, 1.82) is 0 Å². The molecule has 1 saturated heterocycles. The highest BCUT2D eigenvalue weighted by molar-refractivity contribution is 5.60. The molecule has 0 aromatic heterocycles. The van der Waals surface area contributed by atoms with E-state index in [1.807, 2.05) is 0 Å². The molecule has 0 spiro atoms. The molecule has 0 aromatic rings. The molecule has 30 heavy (non-hydrogen) atoms. The summed E-state index contributed by atoms with van der Waals surface area (Å²) in [6.45, 7) is 4.20. The Morgan fingerprint density at radius 1 is 0.300 bits per heavy atom. The molecule has 1 rings (SSSR count). The molecule has 0 unspecified atom stereocenters. The fourth-order valence-electron chi connectivity index (χ4n) is 1.90. The Morgan fingerprint density at radius 3 is 0.667 bits per heavy atom. The Labute approximate surface area is 175 Å². The minimum atomic E-state index is -0.771. The molecule has 0 aliphatic carbocycles. The van der Waals surface area contributed by atoms with Crippen molar-refractivity contribution in [2.75, 3.05) is 106 Å². The smallest absolute Gasteiger partial charge is 0.432 e. The summed E-state index contributed by atoms with van der Waals surface area (Å²) in [4.78, 5) is 22.7. The monoisotopic (exact) mass is 440 g/mol. The van der Waals surface area contributed by atoms with Gasteiger partial charge in [-0.3, -0.25) is 0 Å². The van der Waals surface area contributed by atoms with Crippen molar-refractivity contribution in [2.24, 2.45) is 0 Å². The van der Waals surface area contributed by atoms with E-state index < -0.39 is 12.3 Å². The Bertz CT molecular complexity index is 350. The van der Waals surface area contributed by atoms with Crippen LogP contribution in [0.1, 0.15) is 0 Å². The summed E-state index contributed by atoms with van der Waals surface area (Å²) in [6, 6.07) is 0. The number of rotatable bonds is 0. The minimum Gasteiger partial charge on any atom is -0.432 e. The fourth-order valence-corrected chi connectivity index (χ4v) is 1.90. The highest BCUT2D eigenvalue weighted by Gasteiger charge is 2.04. The Kier molecular flexibility index (Phi) is 18.1. The summed E-state index contributed by atoms with van der Waals surface area (Å²) in [5.74, 6) is 0.